The molecule has 152 valence electrons. The highest BCUT2D eigenvalue weighted by Gasteiger charge is 2.37. The van der Waals surface area contributed by atoms with Crippen molar-refractivity contribution in [1.82, 2.24) is 20.1 Å². The molecule has 0 unspecified atom stereocenters. The standard InChI is InChI=1S/C22H26N4O3/c1-14(2)26-13-17(11-24-26)20-18(9-10-28-20)21(27)25-15(3)22-23-12-19(29-22)16-7-5-4-6-8-16/h4-8,11-15,18,20H,9-10H2,1-3H3,(H,25,27)/t15-,18+,20-/m1/s1. The Morgan fingerprint density at radius 2 is 2.00 bits per heavy atom. The molecule has 0 aliphatic carbocycles. The molecule has 1 N–H and O–H groups in total. The maximum Gasteiger partial charge on any atom is 0.226 e. The molecule has 1 amide bonds. The lowest BCUT2D eigenvalue weighted by molar-refractivity contribution is -0.127. The minimum absolute atomic E-state index is 0.0586. The fourth-order valence-electron chi connectivity index (χ4n) is 3.57. The van der Waals surface area contributed by atoms with Gasteiger partial charge in [-0.2, -0.15) is 5.10 Å². The number of nitrogens with one attached hydrogen (secondary N) is 1. The van der Waals surface area contributed by atoms with Gasteiger partial charge in [0.2, 0.25) is 11.8 Å². The Morgan fingerprint density at radius 3 is 2.72 bits per heavy atom. The Morgan fingerprint density at radius 1 is 1.21 bits per heavy atom. The molecule has 3 aromatic rings. The molecular formula is C22H26N4O3. The summed E-state index contributed by atoms with van der Waals surface area (Å²) in [5.74, 6) is 0.854. The molecule has 0 radical (unpaired) electrons. The van der Waals surface area contributed by atoms with E-state index < -0.39 is 0 Å². The number of hydrogen-bond donors (Lipinski definition) is 1. The van der Waals surface area contributed by atoms with Crippen molar-refractivity contribution in [3.8, 4) is 11.3 Å². The number of benzene rings is 1. The molecule has 29 heavy (non-hydrogen) atoms. The van der Waals surface area contributed by atoms with Crippen molar-refractivity contribution in [3.63, 3.8) is 0 Å². The molecule has 1 saturated heterocycles. The van der Waals surface area contributed by atoms with Crippen LogP contribution in [-0.4, -0.2) is 27.3 Å². The molecule has 7 nitrogen and oxygen atoms in total. The molecule has 0 spiro atoms. The van der Waals surface area contributed by atoms with Crippen molar-refractivity contribution in [1.29, 1.82) is 0 Å². The fourth-order valence-corrected chi connectivity index (χ4v) is 3.57. The van der Waals surface area contributed by atoms with Crippen molar-refractivity contribution in [3.05, 3.63) is 60.4 Å². The first-order valence-electron chi connectivity index (χ1n) is 10.00. The summed E-state index contributed by atoms with van der Waals surface area (Å²) in [4.78, 5) is 17.3. The number of oxazole rings is 1. The highest BCUT2D eigenvalue weighted by molar-refractivity contribution is 5.80. The van der Waals surface area contributed by atoms with E-state index in [1.54, 1.807) is 12.4 Å². The first kappa shape index (κ1) is 19.4. The SMILES string of the molecule is CC(C)n1cc([C@H]2OCC[C@@H]2C(=O)N[C@H](C)c2ncc(-c3ccccc3)o2)cn1. The molecule has 0 saturated carbocycles. The van der Waals surface area contributed by atoms with E-state index in [-0.39, 0.29) is 30.0 Å². The van der Waals surface area contributed by atoms with Crippen LogP contribution in [0.4, 0.5) is 0 Å². The molecule has 1 aromatic carbocycles. The molecule has 3 atom stereocenters. The number of rotatable bonds is 6. The van der Waals surface area contributed by atoms with Crippen LogP contribution in [0.3, 0.4) is 0 Å². The zero-order valence-electron chi connectivity index (χ0n) is 16.9. The highest BCUT2D eigenvalue weighted by Crippen LogP contribution is 2.35. The van der Waals surface area contributed by atoms with Crippen LogP contribution in [0.1, 0.15) is 56.8 Å². The normalized spacial score (nSPS) is 20.1. The summed E-state index contributed by atoms with van der Waals surface area (Å²) >= 11 is 0. The third-order valence-electron chi connectivity index (χ3n) is 5.22. The number of carbonyl (C=O) groups is 1. The molecule has 1 aliphatic rings. The van der Waals surface area contributed by atoms with Crippen LogP contribution in [0.25, 0.3) is 11.3 Å². The third kappa shape index (κ3) is 4.10. The summed E-state index contributed by atoms with van der Waals surface area (Å²) in [6.07, 6.45) is 5.84. The lowest BCUT2D eigenvalue weighted by Crippen LogP contribution is -2.34. The number of aromatic nitrogens is 3. The van der Waals surface area contributed by atoms with Crippen molar-refractivity contribution in [2.75, 3.05) is 6.61 Å². The van der Waals surface area contributed by atoms with Crippen LogP contribution >= 0.6 is 0 Å². The summed E-state index contributed by atoms with van der Waals surface area (Å²) in [6, 6.07) is 9.71. The van der Waals surface area contributed by atoms with E-state index in [2.05, 4.69) is 29.2 Å². The smallest absolute Gasteiger partial charge is 0.226 e. The molecule has 4 rings (SSSR count). The predicted octanol–water partition coefficient (Wildman–Crippen LogP) is 4.07. The van der Waals surface area contributed by atoms with E-state index in [9.17, 15) is 4.79 Å². The largest absolute Gasteiger partial charge is 0.438 e. The van der Waals surface area contributed by atoms with Gasteiger partial charge < -0.3 is 14.5 Å². The van der Waals surface area contributed by atoms with Gasteiger partial charge in [0.25, 0.3) is 0 Å². The van der Waals surface area contributed by atoms with Crippen LogP contribution < -0.4 is 5.32 Å². The topological polar surface area (TPSA) is 82.2 Å². The van der Waals surface area contributed by atoms with E-state index in [0.717, 1.165) is 11.1 Å². The van der Waals surface area contributed by atoms with Gasteiger partial charge in [0.15, 0.2) is 5.76 Å². The molecule has 2 aromatic heterocycles. The van der Waals surface area contributed by atoms with Gasteiger partial charge in [-0.25, -0.2) is 4.98 Å². The highest BCUT2D eigenvalue weighted by atomic mass is 16.5. The molecule has 1 aliphatic heterocycles. The number of nitrogens with zero attached hydrogens (tertiary/aromatic N) is 3. The molecule has 1 fully saturated rings. The summed E-state index contributed by atoms with van der Waals surface area (Å²) in [5.41, 5.74) is 1.89. The summed E-state index contributed by atoms with van der Waals surface area (Å²) < 4.78 is 13.6. The van der Waals surface area contributed by atoms with Gasteiger partial charge in [0, 0.05) is 30.0 Å². The maximum atomic E-state index is 12.9. The first-order chi connectivity index (χ1) is 14.0. The second kappa shape index (κ2) is 8.21. The van der Waals surface area contributed by atoms with Gasteiger partial charge in [0.05, 0.1) is 24.4 Å². The summed E-state index contributed by atoms with van der Waals surface area (Å²) in [6.45, 7) is 6.57. The quantitative estimate of drug-likeness (QED) is 0.681. The van der Waals surface area contributed by atoms with Gasteiger partial charge >= 0.3 is 0 Å². The lowest BCUT2D eigenvalue weighted by Gasteiger charge is -2.19. The number of hydrogen-bond acceptors (Lipinski definition) is 5. The van der Waals surface area contributed by atoms with Crippen molar-refractivity contribution >= 4 is 5.91 Å². The molecule has 7 heteroatoms. The van der Waals surface area contributed by atoms with E-state index in [1.165, 1.54) is 0 Å². The van der Waals surface area contributed by atoms with E-state index in [4.69, 9.17) is 9.15 Å². The Bertz CT molecular complexity index is 963. The molecule has 3 heterocycles. The number of ether oxygens (including phenoxy) is 1. The van der Waals surface area contributed by atoms with E-state index >= 15 is 0 Å². The molecule has 0 bridgehead atoms. The van der Waals surface area contributed by atoms with Crippen molar-refractivity contribution in [2.45, 2.75) is 45.4 Å². The summed E-state index contributed by atoms with van der Waals surface area (Å²) in [5, 5.41) is 7.40. The van der Waals surface area contributed by atoms with Gasteiger partial charge in [0.1, 0.15) is 6.04 Å². The second-order valence-corrected chi connectivity index (χ2v) is 7.69. The van der Waals surface area contributed by atoms with Crippen molar-refractivity contribution < 1.29 is 13.9 Å². The van der Waals surface area contributed by atoms with Gasteiger partial charge in [-0.3, -0.25) is 9.48 Å². The van der Waals surface area contributed by atoms with Gasteiger partial charge in [-0.05, 0) is 27.2 Å². The molecular weight excluding hydrogens is 368 g/mol. The minimum Gasteiger partial charge on any atom is -0.438 e. The predicted molar refractivity (Wildman–Crippen MR) is 108 cm³/mol. The Hall–Kier alpha value is -2.93. The van der Waals surface area contributed by atoms with Crippen LogP contribution in [0.15, 0.2) is 53.3 Å². The monoisotopic (exact) mass is 394 g/mol. The van der Waals surface area contributed by atoms with Crippen LogP contribution in [0.2, 0.25) is 0 Å². The van der Waals surface area contributed by atoms with Crippen molar-refractivity contribution in [2.24, 2.45) is 5.92 Å². The zero-order valence-corrected chi connectivity index (χ0v) is 16.9. The lowest BCUT2D eigenvalue weighted by atomic mass is 9.96. The van der Waals surface area contributed by atoms with Gasteiger partial charge in [-0.15, -0.1) is 0 Å². The van der Waals surface area contributed by atoms with Crippen LogP contribution in [0.5, 0.6) is 0 Å². The third-order valence-corrected chi connectivity index (χ3v) is 5.22. The van der Waals surface area contributed by atoms with E-state index in [0.29, 0.717) is 24.7 Å². The van der Waals surface area contributed by atoms with Crippen LogP contribution in [0, 0.1) is 5.92 Å². The number of carbonyl (C=O) groups excluding carboxylic acids is 1. The second-order valence-electron chi connectivity index (χ2n) is 7.69. The Balaban J connectivity index is 1.43. The Kier molecular flexibility index (Phi) is 5.49. The minimum atomic E-state index is -0.334. The fraction of sp³-hybridized carbons (Fsp3) is 0.409. The first-order valence-corrected chi connectivity index (χ1v) is 10.00. The van der Waals surface area contributed by atoms with Gasteiger partial charge in [-0.1, -0.05) is 30.3 Å². The van der Waals surface area contributed by atoms with Crippen LogP contribution in [-0.2, 0) is 9.53 Å². The van der Waals surface area contributed by atoms with E-state index in [1.807, 2.05) is 48.1 Å². The average molecular weight is 394 g/mol. The average Bonchev–Trinajstić information content (AvgIpc) is 3.48. The maximum absolute atomic E-state index is 12.9. The summed E-state index contributed by atoms with van der Waals surface area (Å²) in [7, 11) is 0. The zero-order chi connectivity index (χ0) is 20.4. The Labute approximate surface area is 170 Å². The number of amides is 1.